The van der Waals surface area contributed by atoms with Crippen LogP contribution in [0.4, 0.5) is 35.9 Å². The van der Waals surface area contributed by atoms with Crippen molar-refractivity contribution in [3.05, 3.63) is 131 Å². The summed E-state index contributed by atoms with van der Waals surface area (Å²) in [4.78, 5) is 1.53. The van der Waals surface area contributed by atoms with Gasteiger partial charge in [-0.15, -0.1) is 0 Å². The molecule has 8 rings (SSSR count). The average Bonchev–Trinajstić information content (AvgIpc) is 3.75. The Hall–Kier alpha value is -5.47. The first-order valence-corrected chi connectivity index (χ1v) is 18.7. The number of hydrogen-bond acceptors (Lipinski definition) is 5. The maximum atomic E-state index is 14.1. The fraction of sp³-hybridized carbons (Fsp3) is 0.178. The largest absolute Gasteiger partial charge is 0.454 e. The van der Waals surface area contributed by atoms with E-state index >= 15 is 0 Å². The minimum absolute atomic E-state index is 0.0280. The van der Waals surface area contributed by atoms with Crippen LogP contribution in [0.2, 0.25) is 0 Å². The first kappa shape index (κ1) is 35.6. The van der Waals surface area contributed by atoms with E-state index in [1.165, 1.54) is 17.0 Å². The Kier molecular flexibility index (Phi) is 8.84. The van der Waals surface area contributed by atoms with Crippen molar-refractivity contribution < 1.29 is 22.0 Å². The quantitative estimate of drug-likeness (QED) is 0.118. The molecule has 0 aliphatic heterocycles. The van der Waals surface area contributed by atoms with Gasteiger partial charge in [0.25, 0.3) is 0 Å². The van der Waals surface area contributed by atoms with Gasteiger partial charge in [0.2, 0.25) is 0 Å². The number of benzene rings is 6. The third-order valence-corrected chi connectivity index (χ3v) is 11.2. The third-order valence-electron chi connectivity index (χ3n) is 10.2. The molecule has 0 unspecified atom stereocenters. The van der Waals surface area contributed by atoms with Crippen molar-refractivity contribution in [3.63, 3.8) is 0 Å². The lowest BCUT2D eigenvalue weighted by atomic mass is 9.92. The fourth-order valence-corrected chi connectivity index (χ4v) is 8.31. The zero-order valence-electron chi connectivity index (χ0n) is 30.2. The van der Waals surface area contributed by atoms with Crippen molar-refractivity contribution in [3.8, 4) is 17.2 Å². The summed E-state index contributed by atoms with van der Waals surface area (Å²) in [5, 5.41) is 14.4. The number of hydrogen-bond donors (Lipinski definition) is 0. The fourth-order valence-electron chi connectivity index (χ4n) is 7.52. The molecule has 0 N–H and O–H groups in total. The summed E-state index contributed by atoms with van der Waals surface area (Å²) in [5.74, 6) is 0.325. The molecule has 5 nitrogen and oxygen atoms in total. The minimum atomic E-state index is -4.53. The van der Waals surface area contributed by atoms with Gasteiger partial charge in [-0.1, -0.05) is 94.4 Å². The second-order valence-corrected chi connectivity index (χ2v) is 15.1. The normalized spacial score (nSPS) is 12.1. The summed E-state index contributed by atoms with van der Waals surface area (Å²) < 4.78 is 57.4. The summed E-state index contributed by atoms with van der Waals surface area (Å²) >= 11 is 2.25. The molecule has 54 heavy (non-hydrogen) atoms. The van der Waals surface area contributed by atoms with E-state index in [0.717, 1.165) is 66.7 Å². The summed E-state index contributed by atoms with van der Waals surface area (Å²) in [6.45, 7) is 8.46. The molecule has 0 aliphatic carbocycles. The number of alkyl halides is 3. The maximum absolute atomic E-state index is 14.1. The van der Waals surface area contributed by atoms with Gasteiger partial charge in [-0.05, 0) is 71.0 Å². The van der Waals surface area contributed by atoms with Crippen LogP contribution >= 0.6 is 22.9 Å². The lowest BCUT2D eigenvalue weighted by Crippen LogP contribution is -2.16. The van der Waals surface area contributed by atoms with Crippen LogP contribution in [0, 0.1) is 11.3 Å². The Balaban J connectivity index is 1.28. The lowest BCUT2D eigenvalue weighted by molar-refractivity contribution is -0.137. The molecule has 0 amide bonds. The molecule has 0 fully saturated rings. The van der Waals surface area contributed by atoms with E-state index in [0.29, 0.717) is 28.1 Å². The van der Waals surface area contributed by atoms with E-state index in [-0.39, 0.29) is 17.5 Å². The van der Waals surface area contributed by atoms with Gasteiger partial charge in [0.1, 0.15) is 17.2 Å². The number of furan rings is 2. The zero-order chi connectivity index (χ0) is 38.1. The van der Waals surface area contributed by atoms with Gasteiger partial charge < -0.3 is 13.7 Å². The Bertz CT molecular complexity index is 2790. The van der Waals surface area contributed by atoms with Crippen LogP contribution in [-0.2, 0) is 6.18 Å². The van der Waals surface area contributed by atoms with Crippen LogP contribution in [0.1, 0.15) is 61.8 Å². The van der Waals surface area contributed by atoms with Crippen molar-refractivity contribution in [2.45, 2.75) is 45.7 Å². The van der Waals surface area contributed by atoms with Gasteiger partial charge in [0, 0.05) is 34.2 Å². The first-order chi connectivity index (χ1) is 25.9. The molecular weight excluding hydrogens is 798 g/mol. The van der Waals surface area contributed by atoms with Crippen LogP contribution in [0.25, 0.3) is 55.0 Å². The molecule has 2 heterocycles. The Labute approximate surface area is 324 Å². The molecule has 6 aromatic carbocycles. The number of anilines is 4. The van der Waals surface area contributed by atoms with Crippen molar-refractivity contribution in [1.82, 2.24) is 0 Å². The van der Waals surface area contributed by atoms with Gasteiger partial charge in [0.05, 0.1) is 56.7 Å². The van der Waals surface area contributed by atoms with Gasteiger partial charge in [-0.25, -0.2) is 0 Å². The minimum Gasteiger partial charge on any atom is -0.454 e. The highest BCUT2D eigenvalue weighted by molar-refractivity contribution is 14.1. The predicted molar refractivity (Wildman–Crippen MR) is 221 cm³/mol. The first-order valence-electron chi connectivity index (χ1n) is 17.7. The van der Waals surface area contributed by atoms with Crippen molar-refractivity contribution in [2.24, 2.45) is 0 Å². The van der Waals surface area contributed by atoms with E-state index in [1.807, 2.05) is 51.6 Å². The van der Waals surface area contributed by atoms with Crippen molar-refractivity contribution >= 4 is 89.5 Å². The molecular formula is C45H35F3IN3O2. The van der Waals surface area contributed by atoms with E-state index in [2.05, 4.69) is 87.0 Å². The molecule has 0 radical (unpaired) electrons. The topological polar surface area (TPSA) is 56.6 Å². The van der Waals surface area contributed by atoms with Gasteiger partial charge in [0.15, 0.2) is 11.2 Å². The highest BCUT2D eigenvalue weighted by Gasteiger charge is 2.35. The van der Waals surface area contributed by atoms with Crippen LogP contribution < -0.4 is 8.01 Å². The number of para-hydroxylation sites is 4. The zero-order valence-corrected chi connectivity index (χ0v) is 32.4. The molecule has 270 valence electrons. The monoisotopic (exact) mass is 833 g/mol. The lowest BCUT2D eigenvalue weighted by Gasteiger charge is -2.23. The van der Waals surface area contributed by atoms with E-state index in [1.54, 1.807) is 19.2 Å². The predicted octanol–water partition coefficient (Wildman–Crippen LogP) is 14.5. The second-order valence-electron chi connectivity index (χ2n) is 14.2. The summed E-state index contributed by atoms with van der Waals surface area (Å²) in [7, 11) is 1.62. The number of nitrogens with zero attached hydrogens (tertiary/aromatic N) is 3. The van der Waals surface area contributed by atoms with Gasteiger partial charge in [-0.3, -0.25) is 3.11 Å². The smallest absolute Gasteiger partial charge is 0.418 e. The van der Waals surface area contributed by atoms with Crippen LogP contribution in [0.5, 0.6) is 0 Å². The van der Waals surface area contributed by atoms with Crippen molar-refractivity contribution in [2.75, 3.05) is 15.1 Å². The highest BCUT2D eigenvalue weighted by Crippen LogP contribution is 2.47. The number of nitriles is 1. The number of halogens is 4. The molecule has 9 heteroatoms. The maximum Gasteiger partial charge on any atom is 0.418 e. The molecule has 0 aliphatic rings. The molecule has 0 saturated heterocycles. The van der Waals surface area contributed by atoms with E-state index < -0.39 is 11.7 Å². The Morgan fingerprint density at radius 2 is 1.15 bits per heavy atom. The molecule has 8 aromatic rings. The van der Waals surface area contributed by atoms with Crippen LogP contribution in [0.3, 0.4) is 0 Å². The summed E-state index contributed by atoms with van der Waals surface area (Å²) in [6.07, 6.45) is -4.53. The summed E-state index contributed by atoms with van der Waals surface area (Å²) in [6, 6.07) is 35.8. The highest BCUT2D eigenvalue weighted by atomic mass is 127. The van der Waals surface area contributed by atoms with E-state index in [4.69, 9.17) is 8.83 Å². The van der Waals surface area contributed by atoms with E-state index in [9.17, 15) is 18.4 Å². The summed E-state index contributed by atoms with van der Waals surface area (Å²) in [5.41, 5.74) is 8.27. The third kappa shape index (κ3) is 5.75. The Morgan fingerprint density at radius 3 is 1.81 bits per heavy atom. The molecule has 2 aromatic heterocycles. The van der Waals surface area contributed by atoms with Crippen LogP contribution in [0.15, 0.2) is 118 Å². The van der Waals surface area contributed by atoms with Gasteiger partial charge in [-0.2, -0.15) is 18.4 Å². The Morgan fingerprint density at radius 1 is 0.611 bits per heavy atom. The SMILES string of the molecule is CC(C)c1cc(-c2cccc(N(I)c3cccc4c3oc3c(C(C)C)cccc34)c2C#N)cc2c1oc1c(N(C)c3ccccc3C(F)(F)F)cccc12. The molecule has 0 atom stereocenters. The number of rotatable bonds is 7. The molecule has 0 spiro atoms. The standard InChI is InChI=1S/C45H35F3IN3O2/c1-25(2)28-12-8-14-30-31-15-11-21-40(44(31)53-41(28)30)52(49)37-19-9-13-29(35(37)24-50)27-22-33(26(3)4)42-34(23-27)32-16-10-20-39(43(32)54-42)51(5)38-18-7-6-17-36(38)45(46,47)48/h6-23,25-26H,1-5H3. The van der Waals surface area contributed by atoms with Crippen molar-refractivity contribution in [1.29, 1.82) is 5.26 Å². The molecule has 0 bridgehead atoms. The van der Waals surface area contributed by atoms with Gasteiger partial charge >= 0.3 is 6.18 Å². The number of fused-ring (bicyclic) bond motifs is 6. The molecule has 0 saturated carbocycles. The second kappa shape index (κ2) is 13.4. The van der Waals surface area contributed by atoms with Crippen LogP contribution in [-0.4, -0.2) is 7.05 Å². The average molecular weight is 834 g/mol.